The third kappa shape index (κ3) is 5.80. The highest BCUT2D eigenvalue weighted by Crippen LogP contribution is 2.26. The predicted molar refractivity (Wildman–Crippen MR) is 77.8 cm³/mol. The molecule has 0 radical (unpaired) electrons. The van der Waals surface area contributed by atoms with Crippen LogP contribution in [-0.4, -0.2) is 27.2 Å². The van der Waals surface area contributed by atoms with Crippen molar-refractivity contribution in [3.05, 3.63) is 27.7 Å². The van der Waals surface area contributed by atoms with E-state index in [0.29, 0.717) is 10.7 Å². The average Bonchev–Trinajstić information content (AvgIpc) is 2.32. The summed E-state index contributed by atoms with van der Waals surface area (Å²) in [5, 5.41) is 0.297. The second-order valence-electron chi connectivity index (χ2n) is 3.72. The highest BCUT2D eigenvalue weighted by atomic mass is 79.9. The number of halogens is 2. The van der Waals surface area contributed by atoms with E-state index < -0.39 is 16.0 Å². The fourth-order valence-corrected chi connectivity index (χ4v) is 3.22. The van der Waals surface area contributed by atoms with Crippen LogP contribution in [0, 0.1) is 0 Å². The number of carbonyl (C=O) groups excluding carboxylic acids is 1. The number of carbonyl (C=O) groups is 1. The van der Waals surface area contributed by atoms with Gasteiger partial charge in [0.05, 0.1) is 23.6 Å². The molecular weight excluding hydrogens is 358 g/mol. The largest absolute Gasteiger partial charge is 0.469 e. The molecule has 0 atom stereocenters. The van der Waals surface area contributed by atoms with E-state index in [1.807, 2.05) is 0 Å². The first-order valence-electron chi connectivity index (χ1n) is 5.36. The minimum atomic E-state index is -3.53. The van der Waals surface area contributed by atoms with Crippen molar-refractivity contribution in [3.63, 3.8) is 0 Å². The fraction of sp³-hybridized carbons (Fsp3) is 0.364. The van der Waals surface area contributed by atoms with Gasteiger partial charge in [0.2, 0.25) is 10.0 Å². The molecule has 0 spiro atoms. The van der Waals surface area contributed by atoms with Gasteiger partial charge in [0.15, 0.2) is 0 Å². The van der Waals surface area contributed by atoms with Gasteiger partial charge in [0, 0.05) is 10.9 Å². The minimum Gasteiger partial charge on any atom is -0.469 e. The SMILES string of the molecule is COC(=O)CCCS(=O)(=O)Nc1ccc(Br)cc1Cl. The summed E-state index contributed by atoms with van der Waals surface area (Å²) in [5.74, 6) is -0.606. The molecule has 0 unspecified atom stereocenters. The maximum atomic E-state index is 11.8. The average molecular weight is 371 g/mol. The Morgan fingerprint density at radius 1 is 1.47 bits per heavy atom. The Morgan fingerprint density at radius 3 is 2.74 bits per heavy atom. The number of ether oxygens (including phenoxy) is 1. The van der Waals surface area contributed by atoms with Crippen molar-refractivity contribution in [1.29, 1.82) is 0 Å². The van der Waals surface area contributed by atoms with Gasteiger partial charge in [-0.1, -0.05) is 27.5 Å². The Kier molecular flexibility index (Phi) is 6.09. The lowest BCUT2D eigenvalue weighted by Gasteiger charge is -2.09. The van der Waals surface area contributed by atoms with Crippen molar-refractivity contribution in [3.8, 4) is 0 Å². The second kappa shape index (κ2) is 7.12. The molecule has 106 valence electrons. The number of hydrogen-bond acceptors (Lipinski definition) is 4. The van der Waals surface area contributed by atoms with E-state index >= 15 is 0 Å². The lowest BCUT2D eigenvalue weighted by atomic mass is 10.3. The maximum absolute atomic E-state index is 11.8. The molecule has 19 heavy (non-hydrogen) atoms. The van der Waals surface area contributed by atoms with Crippen molar-refractivity contribution in [2.24, 2.45) is 0 Å². The van der Waals surface area contributed by atoms with E-state index in [1.54, 1.807) is 18.2 Å². The number of methoxy groups -OCH3 is 1. The molecule has 1 rings (SSSR count). The van der Waals surface area contributed by atoms with Crippen LogP contribution >= 0.6 is 27.5 Å². The van der Waals surface area contributed by atoms with Crippen LogP contribution in [0.4, 0.5) is 5.69 Å². The molecule has 5 nitrogen and oxygen atoms in total. The van der Waals surface area contributed by atoms with Gasteiger partial charge in [-0.25, -0.2) is 8.42 Å². The van der Waals surface area contributed by atoms with Crippen LogP contribution in [-0.2, 0) is 19.6 Å². The maximum Gasteiger partial charge on any atom is 0.305 e. The molecular formula is C11H13BrClNO4S. The number of benzene rings is 1. The van der Waals surface area contributed by atoms with Crippen molar-refractivity contribution in [1.82, 2.24) is 0 Å². The lowest BCUT2D eigenvalue weighted by Crippen LogP contribution is -2.18. The normalized spacial score (nSPS) is 11.1. The van der Waals surface area contributed by atoms with Gasteiger partial charge in [0.25, 0.3) is 0 Å². The van der Waals surface area contributed by atoms with Crippen LogP contribution in [0.15, 0.2) is 22.7 Å². The van der Waals surface area contributed by atoms with Crippen LogP contribution < -0.4 is 4.72 Å². The van der Waals surface area contributed by atoms with Crippen LogP contribution in [0.3, 0.4) is 0 Å². The highest BCUT2D eigenvalue weighted by molar-refractivity contribution is 9.10. The first kappa shape index (κ1) is 16.3. The Balaban J connectivity index is 2.61. The standard InChI is InChI=1S/C11H13BrClNO4S/c1-18-11(15)3-2-6-19(16,17)14-10-5-4-8(12)7-9(10)13/h4-5,7,14H,2-3,6H2,1H3. The predicted octanol–water partition coefficient (Wildman–Crippen LogP) is 2.80. The number of anilines is 1. The van der Waals surface area contributed by atoms with E-state index in [0.717, 1.165) is 4.47 Å². The molecule has 0 fully saturated rings. The van der Waals surface area contributed by atoms with E-state index in [1.165, 1.54) is 7.11 Å². The number of esters is 1. The molecule has 0 saturated heterocycles. The summed E-state index contributed by atoms with van der Waals surface area (Å²) >= 11 is 9.14. The smallest absolute Gasteiger partial charge is 0.305 e. The lowest BCUT2D eigenvalue weighted by molar-refractivity contribution is -0.140. The van der Waals surface area contributed by atoms with Gasteiger partial charge in [0.1, 0.15) is 0 Å². The summed E-state index contributed by atoms with van der Waals surface area (Å²) in [5.41, 5.74) is 0.308. The molecule has 0 amide bonds. The zero-order valence-corrected chi connectivity index (χ0v) is 13.3. The van der Waals surface area contributed by atoms with Gasteiger partial charge in [-0.2, -0.15) is 0 Å². The monoisotopic (exact) mass is 369 g/mol. The summed E-state index contributed by atoms with van der Waals surface area (Å²) in [4.78, 5) is 10.9. The second-order valence-corrected chi connectivity index (χ2v) is 6.89. The summed E-state index contributed by atoms with van der Waals surface area (Å²) in [7, 11) is -2.27. The summed E-state index contributed by atoms with van der Waals surface area (Å²) < 4.78 is 31.1. The van der Waals surface area contributed by atoms with Crippen molar-refractivity contribution < 1.29 is 17.9 Å². The van der Waals surface area contributed by atoms with Crippen LogP contribution in [0.25, 0.3) is 0 Å². The molecule has 0 aliphatic carbocycles. The van der Waals surface area contributed by atoms with Crippen molar-refractivity contribution in [2.45, 2.75) is 12.8 Å². The Morgan fingerprint density at radius 2 is 2.16 bits per heavy atom. The van der Waals surface area contributed by atoms with E-state index in [-0.39, 0.29) is 18.6 Å². The molecule has 0 aliphatic rings. The third-order valence-electron chi connectivity index (χ3n) is 2.22. The van der Waals surface area contributed by atoms with E-state index in [9.17, 15) is 13.2 Å². The molecule has 1 aromatic rings. The molecule has 0 heterocycles. The summed E-state index contributed by atoms with van der Waals surface area (Å²) in [6.45, 7) is 0. The molecule has 0 aromatic heterocycles. The third-order valence-corrected chi connectivity index (χ3v) is 4.38. The van der Waals surface area contributed by atoms with Crippen molar-refractivity contribution >= 4 is 49.2 Å². The number of hydrogen-bond donors (Lipinski definition) is 1. The Hall–Kier alpha value is -0.790. The van der Waals surface area contributed by atoms with Gasteiger partial charge in [-0.3, -0.25) is 9.52 Å². The number of sulfonamides is 1. The van der Waals surface area contributed by atoms with Crippen LogP contribution in [0.1, 0.15) is 12.8 Å². The first-order valence-corrected chi connectivity index (χ1v) is 8.19. The van der Waals surface area contributed by atoms with Gasteiger partial charge in [-0.15, -0.1) is 0 Å². The first-order chi connectivity index (χ1) is 8.84. The summed E-state index contributed by atoms with van der Waals surface area (Å²) in [6, 6.07) is 4.83. The minimum absolute atomic E-state index is 0.0610. The molecule has 0 bridgehead atoms. The summed E-state index contributed by atoms with van der Waals surface area (Å²) in [6.07, 6.45) is 0.252. The van der Waals surface area contributed by atoms with E-state index in [4.69, 9.17) is 11.6 Å². The van der Waals surface area contributed by atoms with Gasteiger partial charge < -0.3 is 4.74 Å². The van der Waals surface area contributed by atoms with E-state index in [2.05, 4.69) is 25.4 Å². The van der Waals surface area contributed by atoms with Crippen LogP contribution in [0.2, 0.25) is 5.02 Å². The number of rotatable bonds is 6. The molecule has 0 aliphatic heterocycles. The quantitative estimate of drug-likeness (QED) is 0.782. The zero-order chi connectivity index (χ0) is 14.5. The van der Waals surface area contributed by atoms with Crippen LogP contribution in [0.5, 0.6) is 0 Å². The topological polar surface area (TPSA) is 72.5 Å². The molecule has 0 saturated carbocycles. The zero-order valence-electron chi connectivity index (χ0n) is 10.2. The van der Waals surface area contributed by atoms with Gasteiger partial charge in [-0.05, 0) is 24.6 Å². The highest BCUT2D eigenvalue weighted by Gasteiger charge is 2.13. The van der Waals surface area contributed by atoms with Gasteiger partial charge >= 0.3 is 5.97 Å². The molecule has 8 heteroatoms. The Bertz CT molecular complexity index is 562. The number of nitrogens with one attached hydrogen (secondary N) is 1. The Labute approximate surface area is 125 Å². The molecule has 1 aromatic carbocycles. The molecule has 1 N–H and O–H groups in total. The fourth-order valence-electron chi connectivity index (χ4n) is 1.30. The van der Waals surface area contributed by atoms with Crippen molar-refractivity contribution in [2.75, 3.05) is 17.6 Å².